The Morgan fingerprint density at radius 3 is 1.75 bits per heavy atom. The van der Waals surface area contributed by atoms with E-state index < -0.39 is 0 Å². The molecule has 9 aromatic carbocycles. The first kappa shape index (κ1) is 33.4. The standard InChI is InChI=1S/C57H39N3/c1-57(2)48-21-13-20-45-47-34-40(29-33-52(47)60-51-23-12-10-19-43(51)46-31-32-49(57)55(54(45)48)56(46)60)58(39-26-24-37(25-27-39)36-14-5-3-6-15-36)41-28-30-44-42-18-9-11-22-50(42)59(53(44)35-41)38-16-7-4-8-17-38/h3-35H,1-2H3. The zero-order valence-corrected chi connectivity index (χ0v) is 33.4. The van der Waals surface area contributed by atoms with Gasteiger partial charge in [-0.2, -0.15) is 0 Å². The van der Waals surface area contributed by atoms with E-state index in [1.165, 1.54) is 93.8 Å². The monoisotopic (exact) mass is 765 g/mol. The van der Waals surface area contributed by atoms with Gasteiger partial charge in [-0.3, -0.25) is 0 Å². The maximum atomic E-state index is 2.55. The fraction of sp³-hybridized carbons (Fsp3) is 0.0526. The summed E-state index contributed by atoms with van der Waals surface area (Å²) in [6.45, 7) is 4.79. The van der Waals surface area contributed by atoms with Gasteiger partial charge >= 0.3 is 0 Å². The zero-order chi connectivity index (χ0) is 39.7. The first-order valence-electron chi connectivity index (χ1n) is 20.9. The van der Waals surface area contributed by atoms with Crippen LogP contribution >= 0.6 is 0 Å². The largest absolute Gasteiger partial charge is 0.310 e. The lowest BCUT2D eigenvalue weighted by atomic mass is 9.81. The molecule has 3 nitrogen and oxygen atoms in total. The number of nitrogens with zero attached hydrogens (tertiary/aromatic N) is 3. The molecule has 60 heavy (non-hydrogen) atoms. The van der Waals surface area contributed by atoms with Crippen molar-refractivity contribution >= 4 is 60.7 Å². The number of fused-ring (bicyclic) bond motifs is 9. The van der Waals surface area contributed by atoms with Crippen LogP contribution in [0.4, 0.5) is 17.1 Å². The van der Waals surface area contributed by atoms with Gasteiger partial charge in [-0.1, -0.05) is 147 Å². The van der Waals surface area contributed by atoms with E-state index in [1.807, 2.05) is 0 Å². The summed E-state index contributed by atoms with van der Waals surface area (Å²) in [4.78, 5) is 2.45. The molecule has 0 fully saturated rings. The summed E-state index contributed by atoms with van der Waals surface area (Å²) < 4.78 is 4.96. The van der Waals surface area contributed by atoms with Crippen molar-refractivity contribution in [2.24, 2.45) is 0 Å². The van der Waals surface area contributed by atoms with Gasteiger partial charge in [0.25, 0.3) is 0 Å². The molecule has 3 heteroatoms. The van der Waals surface area contributed by atoms with Gasteiger partial charge in [0, 0.05) is 60.8 Å². The van der Waals surface area contributed by atoms with Crippen LogP contribution in [0.25, 0.3) is 88.4 Å². The van der Waals surface area contributed by atoms with Gasteiger partial charge in [0.1, 0.15) is 0 Å². The van der Waals surface area contributed by atoms with E-state index in [-0.39, 0.29) is 5.41 Å². The van der Waals surface area contributed by atoms with Crippen molar-refractivity contribution in [3.63, 3.8) is 0 Å². The Morgan fingerprint density at radius 2 is 0.967 bits per heavy atom. The minimum atomic E-state index is -0.121. The predicted molar refractivity (Wildman–Crippen MR) is 252 cm³/mol. The molecule has 11 aromatic rings. The fourth-order valence-electron chi connectivity index (χ4n) is 10.7. The molecule has 0 N–H and O–H groups in total. The van der Waals surface area contributed by atoms with Gasteiger partial charge in [-0.05, 0) is 100 Å². The van der Waals surface area contributed by atoms with E-state index in [0.29, 0.717) is 0 Å². The molecule has 0 radical (unpaired) electrons. The van der Waals surface area contributed by atoms with Gasteiger partial charge in [-0.15, -0.1) is 0 Å². The molecule has 282 valence electrons. The molecule has 0 saturated carbocycles. The Kier molecular flexibility index (Phi) is 6.78. The van der Waals surface area contributed by atoms with Crippen molar-refractivity contribution in [2.45, 2.75) is 19.3 Å². The Balaban J connectivity index is 1.09. The van der Waals surface area contributed by atoms with Crippen LogP contribution in [0.2, 0.25) is 0 Å². The lowest BCUT2D eigenvalue weighted by Gasteiger charge is -2.28. The average molecular weight is 766 g/mol. The van der Waals surface area contributed by atoms with Crippen LogP contribution in [-0.4, -0.2) is 9.13 Å². The first-order chi connectivity index (χ1) is 29.5. The Labute approximate surface area is 348 Å². The average Bonchev–Trinajstić information content (AvgIpc) is 3.86. The molecule has 0 amide bonds. The predicted octanol–water partition coefficient (Wildman–Crippen LogP) is 15.3. The van der Waals surface area contributed by atoms with Gasteiger partial charge in [0.15, 0.2) is 0 Å². The van der Waals surface area contributed by atoms with Crippen LogP contribution < -0.4 is 4.90 Å². The van der Waals surface area contributed by atoms with Crippen LogP contribution in [-0.2, 0) is 5.41 Å². The molecule has 0 unspecified atom stereocenters. The number of benzene rings is 9. The van der Waals surface area contributed by atoms with Crippen LogP contribution in [0.1, 0.15) is 25.0 Å². The summed E-state index contributed by atoms with van der Waals surface area (Å²) in [5, 5.41) is 5.08. The second-order valence-electron chi connectivity index (χ2n) is 16.9. The van der Waals surface area contributed by atoms with E-state index in [9.17, 15) is 0 Å². The normalized spacial score (nSPS) is 13.3. The third kappa shape index (κ3) is 4.49. The van der Waals surface area contributed by atoms with E-state index in [0.717, 1.165) is 22.7 Å². The molecule has 0 bridgehead atoms. The fourth-order valence-corrected chi connectivity index (χ4v) is 10.7. The molecular weight excluding hydrogens is 727 g/mol. The van der Waals surface area contributed by atoms with Crippen LogP contribution in [0.5, 0.6) is 0 Å². The lowest BCUT2D eigenvalue weighted by molar-refractivity contribution is 0.661. The SMILES string of the molecule is CC1(C)c2cccc3c2-c2c1ccc1c4ccccc4n(c21)-c1ccc(N(c2ccc(-c4ccccc4)cc2)c2ccc4c5ccccc5n(-c5ccccc5)c4c2)cc1-3. The summed E-state index contributed by atoms with van der Waals surface area (Å²) in [5.74, 6) is 0. The van der Waals surface area contributed by atoms with Crippen molar-refractivity contribution in [1.82, 2.24) is 9.13 Å². The lowest BCUT2D eigenvalue weighted by Crippen LogP contribution is -2.15. The van der Waals surface area contributed by atoms with E-state index in [4.69, 9.17) is 0 Å². The molecule has 13 rings (SSSR count). The molecule has 2 aromatic heterocycles. The molecule has 3 heterocycles. The quantitative estimate of drug-likeness (QED) is 0.170. The van der Waals surface area contributed by atoms with Gasteiger partial charge in [0.2, 0.25) is 0 Å². The molecule has 0 spiro atoms. The second kappa shape index (κ2) is 12.2. The summed E-state index contributed by atoms with van der Waals surface area (Å²) in [5.41, 5.74) is 20.9. The minimum Gasteiger partial charge on any atom is -0.310 e. The number of hydrogen-bond acceptors (Lipinski definition) is 1. The summed E-state index contributed by atoms with van der Waals surface area (Å²) in [6, 6.07) is 74.0. The number of anilines is 3. The topological polar surface area (TPSA) is 13.1 Å². The number of aromatic nitrogens is 2. The van der Waals surface area contributed by atoms with Crippen molar-refractivity contribution < 1.29 is 0 Å². The third-order valence-corrected chi connectivity index (χ3v) is 13.4. The van der Waals surface area contributed by atoms with Crippen LogP contribution in [0.15, 0.2) is 200 Å². The van der Waals surface area contributed by atoms with E-state index >= 15 is 0 Å². The van der Waals surface area contributed by atoms with Crippen molar-refractivity contribution in [3.8, 4) is 44.8 Å². The third-order valence-electron chi connectivity index (χ3n) is 13.4. The first-order valence-corrected chi connectivity index (χ1v) is 20.9. The number of hydrogen-bond donors (Lipinski definition) is 0. The maximum Gasteiger partial charge on any atom is 0.0623 e. The Hall–Kier alpha value is -7.62. The van der Waals surface area contributed by atoms with Gasteiger partial charge in [0.05, 0.1) is 27.8 Å². The maximum absolute atomic E-state index is 2.55. The van der Waals surface area contributed by atoms with E-state index in [1.54, 1.807) is 0 Å². The number of rotatable bonds is 5. The highest BCUT2D eigenvalue weighted by molar-refractivity contribution is 6.19. The highest BCUT2D eigenvalue weighted by atomic mass is 15.1. The van der Waals surface area contributed by atoms with E-state index in [2.05, 4.69) is 228 Å². The summed E-state index contributed by atoms with van der Waals surface area (Å²) in [7, 11) is 0. The summed E-state index contributed by atoms with van der Waals surface area (Å²) >= 11 is 0. The van der Waals surface area contributed by atoms with Crippen LogP contribution in [0, 0.1) is 0 Å². The minimum absolute atomic E-state index is 0.121. The van der Waals surface area contributed by atoms with Crippen molar-refractivity contribution in [1.29, 1.82) is 0 Å². The molecule has 2 aliphatic rings. The molecule has 0 saturated heterocycles. The summed E-state index contributed by atoms with van der Waals surface area (Å²) in [6.07, 6.45) is 0. The van der Waals surface area contributed by atoms with Gasteiger partial charge < -0.3 is 14.0 Å². The smallest absolute Gasteiger partial charge is 0.0623 e. The highest BCUT2D eigenvalue weighted by Gasteiger charge is 2.41. The molecule has 0 atom stereocenters. The van der Waals surface area contributed by atoms with Crippen LogP contribution in [0.3, 0.4) is 0 Å². The zero-order valence-electron chi connectivity index (χ0n) is 33.4. The number of para-hydroxylation sites is 3. The molecular formula is C57H39N3. The molecule has 1 aliphatic heterocycles. The Bertz CT molecular complexity index is 3550. The second-order valence-corrected chi connectivity index (χ2v) is 16.9. The van der Waals surface area contributed by atoms with Crippen molar-refractivity contribution in [2.75, 3.05) is 4.90 Å². The Morgan fingerprint density at radius 1 is 0.383 bits per heavy atom. The molecule has 1 aliphatic carbocycles. The highest BCUT2D eigenvalue weighted by Crippen LogP contribution is 2.58. The van der Waals surface area contributed by atoms with Crippen molar-refractivity contribution in [3.05, 3.63) is 211 Å². The van der Waals surface area contributed by atoms with Gasteiger partial charge in [-0.25, -0.2) is 0 Å².